The van der Waals surface area contributed by atoms with Gasteiger partial charge in [0.05, 0.1) is 30.3 Å². The molecular formula is C38H41N7O6. The van der Waals surface area contributed by atoms with Crippen LogP contribution in [-0.2, 0) is 38.6 Å². The molecule has 0 unspecified atom stereocenters. The average Bonchev–Trinajstić information content (AvgIpc) is 3.14. The predicted molar refractivity (Wildman–Crippen MR) is 188 cm³/mol. The van der Waals surface area contributed by atoms with Crippen LogP contribution in [0.15, 0.2) is 104 Å². The zero-order valence-corrected chi connectivity index (χ0v) is 28.4. The number of likely N-dealkylation sites (N-methyl/N-ethyl adjacent to an activating group) is 1. The van der Waals surface area contributed by atoms with Crippen molar-refractivity contribution in [1.82, 2.24) is 35.7 Å². The van der Waals surface area contributed by atoms with Crippen LogP contribution in [0.25, 0.3) is 0 Å². The summed E-state index contributed by atoms with van der Waals surface area (Å²) < 4.78 is 6.13. The topological polar surface area (TPSA) is 163 Å². The van der Waals surface area contributed by atoms with Crippen molar-refractivity contribution >= 4 is 29.5 Å². The van der Waals surface area contributed by atoms with Crippen LogP contribution in [0.1, 0.15) is 33.6 Å². The largest absolute Gasteiger partial charge is 0.491 e. The molecule has 1 aliphatic heterocycles. The van der Waals surface area contributed by atoms with Crippen molar-refractivity contribution in [1.29, 1.82) is 0 Å². The number of benzene rings is 3. The summed E-state index contributed by atoms with van der Waals surface area (Å²) in [7, 11) is 1.49. The van der Waals surface area contributed by atoms with E-state index < -0.39 is 48.0 Å². The van der Waals surface area contributed by atoms with Crippen LogP contribution in [-0.4, -0.2) is 94.7 Å². The fraction of sp³-hybridized carbons (Fsp3) is 0.289. The van der Waals surface area contributed by atoms with Crippen molar-refractivity contribution < 1.29 is 28.7 Å². The molecule has 0 bridgehead atoms. The number of fused-ring (bicyclic) bond motifs is 1. The lowest BCUT2D eigenvalue weighted by atomic mass is 10.1. The smallest absolute Gasteiger partial charge is 0.255 e. The summed E-state index contributed by atoms with van der Waals surface area (Å²) in [5.41, 5.74) is 2.52. The van der Waals surface area contributed by atoms with Gasteiger partial charge in [0.2, 0.25) is 23.6 Å². The van der Waals surface area contributed by atoms with Crippen molar-refractivity contribution in [2.24, 2.45) is 0 Å². The minimum Gasteiger partial charge on any atom is -0.491 e. The molecule has 1 aliphatic rings. The minimum atomic E-state index is -1.30. The lowest BCUT2D eigenvalue weighted by Gasteiger charge is -2.27. The van der Waals surface area contributed by atoms with Crippen molar-refractivity contribution in [2.75, 3.05) is 33.3 Å². The molecule has 0 saturated carbocycles. The quantitative estimate of drug-likeness (QED) is 0.253. The zero-order chi connectivity index (χ0) is 36.0. The number of nitrogens with zero attached hydrogens (tertiary/aromatic N) is 4. The Bertz CT molecular complexity index is 1790. The van der Waals surface area contributed by atoms with Crippen LogP contribution >= 0.6 is 0 Å². The van der Waals surface area contributed by atoms with Crippen LogP contribution in [0.4, 0.5) is 0 Å². The Morgan fingerprint density at radius 1 is 0.863 bits per heavy atom. The molecule has 2 atom stereocenters. The second kappa shape index (κ2) is 18.0. The molecule has 13 nitrogen and oxygen atoms in total. The molecule has 2 heterocycles. The summed E-state index contributed by atoms with van der Waals surface area (Å²) in [6.07, 6.45) is 5.06. The number of aromatic nitrogens is 2. The second-order valence-electron chi connectivity index (χ2n) is 12.2. The number of carbonyl (C=O) groups excluding carboxylic acids is 5. The van der Waals surface area contributed by atoms with Gasteiger partial charge >= 0.3 is 0 Å². The van der Waals surface area contributed by atoms with Crippen LogP contribution in [0.3, 0.4) is 0 Å². The molecule has 0 radical (unpaired) electrons. The summed E-state index contributed by atoms with van der Waals surface area (Å²) in [4.78, 5) is 79.0. The highest BCUT2D eigenvalue weighted by Gasteiger charge is 2.30. The van der Waals surface area contributed by atoms with Gasteiger partial charge in [-0.25, -0.2) is 0 Å². The Kier molecular flexibility index (Phi) is 12.8. The van der Waals surface area contributed by atoms with E-state index in [4.69, 9.17) is 4.74 Å². The summed E-state index contributed by atoms with van der Waals surface area (Å²) in [6, 6.07) is 23.4. The Morgan fingerprint density at radius 2 is 1.57 bits per heavy atom. The van der Waals surface area contributed by atoms with Gasteiger partial charge in [-0.05, 0) is 29.7 Å². The van der Waals surface area contributed by atoms with Gasteiger partial charge in [0, 0.05) is 45.1 Å². The predicted octanol–water partition coefficient (Wildman–Crippen LogP) is 1.93. The third-order valence-electron chi connectivity index (χ3n) is 8.26. The van der Waals surface area contributed by atoms with Crippen molar-refractivity contribution in [3.8, 4) is 5.75 Å². The Morgan fingerprint density at radius 3 is 2.29 bits per heavy atom. The Labute approximate surface area is 296 Å². The molecule has 264 valence electrons. The highest BCUT2D eigenvalue weighted by Crippen LogP contribution is 2.20. The minimum absolute atomic E-state index is 0.0121. The third kappa shape index (κ3) is 10.9. The van der Waals surface area contributed by atoms with E-state index in [9.17, 15) is 24.0 Å². The van der Waals surface area contributed by atoms with E-state index in [0.29, 0.717) is 18.5 Å². The number of rotatable bonds is 8. The molecule has 5 amide bonds. The molecule has 3 N–H and O–H groups in total. The normalized spacial score (nSPS) is 17.7. The van der Waals surface area contributed by atoms with Gasteiger partial charge in [0.25, 0.3) is 5.91 Å². The molecule has 0 aliphatic carbocycles. The standard InChI is InChI=1S/C38H41N7O6/c1-44-24-34(46)42-30(20-27-10-4-2-5-11-27)26-51-33-15-9-8-14-31(33)37(49)43-32(38(50)41-17-16-29-22-39-18-19-40-29)21-35(47)45(25-36(44)48)23-28-12-6-3-7-13-28/h2-15,18-19,22,30,32H,16-17,20-21,23-26H2,1H3,(H,41,50)(H,42,46)(H,43,49)/t30-,32+/m1/s1. The fourth-order valence-electron chi connectivity index (χ4n) is 5.56. The van der Waals surface area contributed by atoms with Crippen LogP contribution in [0, 0.1) is 0 Å². The van der Waals surface area contributed by atoms with Crippen molar-refractivity contribution in [2.45, 2.75) is 37.9 Å². The van der Waals surface area contributed by atoms with E-state index in [1.807, 2.05) is 60.7 Å². The van der Waals surface area contributed by atoms with Crippen LogP contribution in [0.5, 0.6) is 5.75 Å². The van der Waals surface area contributed by atoms with E-state index in [0.717, 1.165) is 11.1 Å². The summed E-state index contributed by atoms with van der Waals surface area (Å²) in [6.45, 7) is -0.357. The monoisotopic (exact) mass is 691 g/mol. The first-order valence-corrected chi connectivity index (χ1v) is 16.7. The van der Waals surface area contributed by atoms with Gasteiger partial charge in [-0.2, -0.15) is 0 Å². The van der Waals surface area contributed by atoms with Gasteiger partial charge in [0.1, 0.15) is 24.9 Å². The van der Waals surface area contributed by atoms with E-state index in [2.05, 4.69) is 25.9 Å². The molecule has 0 fully saturated rings. The molecule has 0 saturated heterocycles. The molecule has 1 aromatic heterocycles. The number of amides is 5. The number of ether oxygens (including phenoxy) is 1. The molecule has 51 heavy (non-hydrogen) atoms. The maximum Gasteiger partial charge on any atom is 0.255 e. The second-order valence-corrected chi connectivity index (χ2v) is 12.2. The molecule has 3 aromatic carbocycles. The third-order valence-corrected chi connectivity index (χ3v) is 8.26. The van der Waals surface area contributed by atoms with Gasteiger partial charge in [-0.1, -0.05) is 72.8 Å². The molecule has 13 heteroatoms. The highest BCUT2D eigenvalue weighted by atomic mass is 16.5. The van der Waals surface area contributed by atoms with Crippen molar-refractivity contribution in [3.05, 3.63) is 126 Å². The highest BCUT2D eigenvalue weighted by molar-refractivity contribution is 6.01. The average molecular weight is 692 g/mol. The maximum atomic E-state index is 14.0. The fourth-order valence-corrected chi connectivity index (χ4v) is 5.56. The number of nitrogens with one attached hydrogen (secondary N) is 3. The molecule has 5 rings (SSSR count). The Hall–Kier alpha value is -6.11. The number of hydrogen-bond acceptors (Lipinski definition) is 8. The first kappa shape index (κ1) is 36.2. The first-order chi connectivity index (χ1) is 24.7. The van der Waals surface area contributed by atoms with E-state index in [1.165, 1.54) is 16.8 Å². The molecule has 4 aromatic rings. The Balaban J connectivity index is 1.44. The zero-order valence-electron chi connectivity index (χ0n) is 28.4. The van der Waals surface area contributed by atoms with Crippen LogP contribution < -0.4 is 20.7 Å². The molecular weight excluding hydrogens is 650 g/mol. The number of hydrogen-bond donors (Lipinski definition) is 3. The number of para-hydroxylation sites is 1. The van der Waals surface area contributed by atoms with Gasteiger partial charge in [0.15, 0.2) is 0 Å². The summed E-state index contributed by atoms with van der Waals surface area (Å²) >= 11 is 0. The SMILES string of the molecule is CN1CC(=O)N[C@H](Cc2ccccc2)COc2ccccc2C(=O)N[C@H](C(=O)NCCc2cnccn2)CC(=O)N(Cc2ccccc2)CC1=O. The lowest BCUT2D eigenvalue weighted by molar-refractivity contribution is -0.142. The maximum absolute atomic E-state index is 14.0. The van der Waals surface area contributed by atoms with Gasteiger partial charge < -0.3 is 30.5 Å². The lowest BCUT2D eigenvalue weighted by Crippen LogP contribution is -2.51. The summed E-state index contributed by atoms with van der Waals surface area (Å²) in [5.74, 6) is -2.42. The van der Waals surface area contributed by atoms with E-state index in [1.54, 1.807) is 42.9 Å². The van der Waals surface area contributed by atoms with E-state index >= 15 is 0 Å². The van der Waals surface area contributed by atoms with E-state index in [-0.39, 0.29) is 44.1 Å². The molecule has 0 spiro atoms. The van der Waals surface area contributed by atoms with Gasteiger partial charge in [-0.15, -0.1) is 0 Å². The first-order valence-electron chi connectivity index (χ1n) is 16.7. The number of carbonyl (C=O) groups is 5. The summed E-state index contributed by atoms with van der Waals surface area (Å²) in [5, 5.41) is 8.50. The van der Waals surface area contributed by atoms with Crippen molar-refractivity contribution in [3.63, 3.8) is 0 Å². The van der Waals surface area contributed by atoms with Gasteiger partial charge in [-0.3, -0.25) is 33.9 Å². The van der Waals surface area contributed by atoms with Crippen LogP contribution in [0.2, 0.25) is 0 Å².